The summed E-state index contributed by atoms with van der Waals surface area (Å²) in [6.07, 6.45) is 3.12. The number of nitrogens with one attached hydrogen (secondary N) is 2. The number of aromatic nitrogens is 1. The first-order valence-corrected chi connectivity index (χ1v) is 7.14. The van der Waals surface area contributed by atoms with Crippen LogP contribution >= 0.6 is 11.3 Å². The smallest absolute Gasteiger partial charge is 0.315 e. The second-order valence-corrected chi connectivity index (χ2v) is 5.39. The van der Waals surface area contributed by atoms with E-state index in [1.807, 2.05) is 25.1 Å². The van der Waals surface area contributed by atoms with Crippen molar-refractivity contribution in [3.05, 3.63) is 35.7 Å². The van der Waals surface area contributed by atoms with Gasteiger partial charge < -0.3 is 9.73 Å². The number of rotatable bonds is 5. The highest BCUT2D eigenvalue weighted by molar-refractivity contribution is 7.13. The van der Waals surface area contributed by atoms with Crippen molar-refractivity contribution in [2.75, 3.05) is 26.0 Å². The summed E-state index contributed by atoms with van der Waals surface area (Å²) in [6.45, 7) is 0.268. The normalized spacial score (nSPS) is 12.1. The molecule has 2 heterocycles. The van der Waals surface area contributed by atoms with E-state index in [2.05, 4.69) is 15.6 Å². The average Bonchev–Trinajstić information content (AvgIpc) is 3.11. The minimum atomic E-state index is -0.734. The molecular weight excluding hydrogens is 292 g/mol. The van der Waals surface area contributed by atoms with Crippen molar-refractivity contribution in [2.45, 2.75) is 6.04 Å². The molecule has 2 rings (SSSR count). The highest BCUT2D eigenvalue weighted by Crippen LogP contribution is 2.17. The lowest BCUT2D eigenvalue weighted by Crippen LogP contribution is -2.40. The van der Waals surface area contributed by atoms with E-state index in [1.165, 1.54) is 11.3 Å². The van der Waals surface area contributed by atoms with Gasteiger partial charge in [-0.05, 0) is 26.2 Å². The van der Waals surface area contributed by atoms with Crippen molar-refractivity contribution in [3.63, 3.8) is 0 Å². The van der Waals surface area contributed by atoms with Gasteiger partial charge in [-0.3, -0.25) is 19.8 Å². The summed E-state index contributed by atoms with van der Waals surface area (Å²) < 4.78 is 5.33. The van der Waals surface area contributed by atoms with Crippen molar-refractivity contribution in [3.8, 4) is 0 Å². The Morgan fingerprint density at radius 1 is 1.43 bits per heavy atom. The molecule has 0 aliphatic carbocycles. The predicted octanol–water partition coefficient (Wildman–Crippen LogP) is 1.09. The van der Waals surface area contributed by atoms with Crippen molar-refractivity contribution in [1.29, 1.82) is 0 Å². The summed E-state index contributed by atoms with van der Waals surface area (Å²) in [5.74, 6) is -0.717. The molecule has 2 aromatic heterocycles. The second-order valence-electron chi connectivity index (χ2n) is 4.50. The summed E-state index contributed by atoms with van der Waals surface area (Å²) in [4.78, 5) is 29.2. The van der Waals surface area contributed by atoms with E-state index in [0.29, 0.717) is 5.13 Å². The summed E-state index contributed by atoms with van der Waals surface area (Å²) in [7, 11) is 3.74. The van der Waals surface area contributed by atoms with Crippen molar-refractivity contribution >= 4 is 28.3 Å². The van der Waals surface area contributed by atoms with E-state index in [1.54, 1.807) is 23.9 Å². The SMILES string of the molecule is CN(C)[C@@H](CNC(=O)C(=O)Nc1nccs1)c1ccco1. The van der Waals surface area contributed by atoms with Crippen LogP contribution in [0.2, 0.25) is 0 Å². The standard InChI is InChI=1S/C13H16N4O3S/c1-17(2)9(10-4-3-6-20-10)8-15-11(18)12(19)16-13-14-5-7-21-13/h3-7,9H,8H2,1-2H3,(H,15,18)(H,14,16,19)/t9-/m0/s1. The fourth-order valence-corrected chi connectivity index (χ4v) is 2.25. The van der Waals surface area contributed by atoms with E-state index < -0.39 is 11.8 Å². The van der Waals surface area contributed by atoms with Crippen LogP contribution in [0.4, 0.5) is 5.13 Å². The molecule has 7 nitrogen and oxygen atoms in total. The Hall–Kier alpha value is -2.19. The average molecular weight is 308 g/mol. The van der Waals surface area contributed by atoms with Crippen LogP contribution in [-0.2, 0) is 9.59 Å². The van der Waals surface area contributed by atoms with Crippen molar-refractivity contribution in [1.82, 2.24) is 15.2 Å². The third-order valence-electron chi connectivity index (χ3n) is 2.81. The van der Waals surface area contributed by atoms with Crippen LogP contribution in [0.3, 0.4) is 0 Å². The first-order chi connectivity index (χ1) is 10.1. The van der Waals surface area contributed by atoms with Crippen LogP contribution in [0, 0.1) is 0 Å². The number of amides is 2. The van der Waals surface area contributed by atoms with E-state index in [-0.39, 0.29) is 12.6 Å². The third-order valence-corrected chi connectivity index (χ3v) is 3.50. The van der Waals surface area contributed by atoms with Gasteiger partial charge in [0.15, 0.2) is 5.13 Å². The molecule has 0 fully saturated rings. The number of nitrogens with zero attached hydrogens (tertiary/aromatic N) is 2. The van der Waals surface area contributed by atoms with Gasteiger partial charge in [-0.25, -0.2) is 4.98 Å². The minimum absolute atomic E-state index is 0.142. The first kappa shape index (κ1) is 15.2. The number of hydrogen-bond donors (Lipinski definition) is 2. The molecule has 0 spiro atoms. The largest absolute Gasteiger partial charge is 0.468 e. The van der Waals surface area contributed by atoms with Gasteiger partial charge in [0.05, 0.1) is 12.3 Å². The quantitative estimate of drug-likeness (QED) is 0.808. The fourth-order valence-electron chi connectivity index (χ4n) is 1.73. The number of likely N-dealkylation sites (N-methyl/N-ethyl adjacent to an activating group) is 1. The van der Waals surface area contributed by atoms with Crippen LogP contribution < -0.4 is 10.6 Å². The zero-order valence-electron chi connectivity index (χ0n) is 11.7. The zero-order chi connectivity index (χ0) is 15.2. The van der Waals surface area contributed by atoms with Crippen LogP contribution in [0.5, 0.6) is 0 Å². The molecule has 8 heteroatoms. The Morgan fingerprint density at radius 2 is 2.24 bits per heavy atom. The van der Waals surface area contributed by atoms with Gasteiger partial charge in [-0.15, -0.1) is 11.3 Å². The summed E-state index contributed by atoms with van der Waals surface area (Å²) in [6, 6.07) is 3.46. The van der Waals surface area contributed by atoms with Gasteiger partial charge >= 0.3 is 11.8 Å². The number of anilines is 1. The van der Waals surface area contributed by atoms with Crippen LogP contribution in [0.1, 0.15) is 11.8 Å². The van der Waals surface area contributed by atoms with Gasteiger partial charge in [0.1, 0.15) is 5.76 Å². The number of hydrogen-bond acceptors (Lipinski definition) is 6. The summed E-state index contributed by atoms with van der Waals surface area (Å²) in [5.41, 5.74) is 0. The Labute approximate surface area is 126 Å². The number of carbonyl (C=O) groups is 2. The number of thiazole rings is 1. The molecule has 0 aliphatic heterocycles. The molecule has 0 saturated heterocycles. The molecule has 0 aliphatic rings. The molecule has 0 unspecified atom stereocenters. The molecular formula is C13H16N4O3S. The molecule has 0 bridgehead atoms. The molecule has 21 heavy (non-hydrogen) atoms. The van der Waals surface area contributed by atoms with Crippen LogP contribution in [-0.4, -0.2) is 42.3 Å². The van der Waals surface area contributed by atoms with Crippen molar-refractivity contribution in [2.24, 2.45) is 0 Å². The van der Waals surface area contributed by atoms with E-state index in [4.69, 9.17) is 4.42 Å². The lowest BCUT2D eigenvalue weighted by atomic mass is 10.2. The molecule has 0 saturated carbocycles. The second kappa shape index (κ2) is 7.00. The summed E-state index contributed by atoms with van der Waals surface area (Å²) in [5, 5.41) is 7.13. The number of furan rings is 1. The minimum Gasteiger partial charge on any atom is -0.468 e. The lowest BCUT2D eigenvalue weighted by molar-refractivity contribution is -0.136. The van der Waals surface area contributed by atoms with Crippen LogP contribution in [0.25, 0.3) is 0 Å². The van der Waals surface area contributed by atoms with Gasteiger partial charge in [0.25, 0.3) is 0 Å². The molecule has 0 aromatic carbocycles. The van der Waals surface area contributed by atoms with Gasteiger partial charge in [0.2, 0.25) is 0 Å². The maximum atomic E-state index is 11.8. The third kappa shape index (κ3) is 4.14. The van der Waals surface area contributed by atoms with E-state index in [0.717, 1.165) is 5.76 Å². The fraction of sp³-hybridized carbons (Fsp3) is 0.308. The highest BCUT2D eigenvalue weighted by Gasteiger charge is 2.20. The van der Waals surface area contributed by atoms with Crippen LogP contribution in [0.15, 0.2) is 34.4 Å². The van der Waals surface area contributed by atoms with E-state index in [9.17, 15) is 9.59 Å². The maximum absolute atomic E-state index is 11.8. The topological polar surface area (TPSA) is 87.5 Å². The zero-order valence-corrected chi connectivity index (χ0v) is 12.5. The molecule has 2 N–H and O–H groups in total. The molecule has 2 amide bonds. The Balaban J connectivity index is 1.88. The molecule has 1 atom stereocenters. The number of carbonyl (C=O) groups excluding carboxylic acids is 2. The Bertz CT molecular complexity index is 581. The maximum Gasteiger partial charge on any atom is 0.315 e. The monoisotopic (exact) mass is 308 g/mol. The summed E-state index contributed by atoms with van der Waals surface area (Å²) >= 11 is 1.25. The molecule has 112 valence electrons. The highest BCUT2D eigenvalue weighted by atomic mass is 32.1. The molecule has 2 aromatic rings. The van der Waals surface area contributed by atoms with Gasteiger partial charge in [-0.2, -0.15) is 0 Å². The lowest BCUT2D eigenvalue weighted by Gasteiger charge is -2.22. The van der Waals surface area contributed by atoms with E-state index >= 15 is 0 Å². The molecule has 0 radical (unpaired) electrons. The Kier molecular flexibility index (Phi) is 5.07. The van der Waals surface area contributed by atoms with Crippen molar-refractivity contribution < 1.29 is 14.0 Å². The Morgan fingerprint density at radius 3 is 2.81 bits per heavy atom. The van der Waals surface area contributed by atoms with Gasteiger partial charge in [-0.1, -0.05) is 0 Å². The van der Waals surface area contributed by atoms with Gasteiger partial charge in [0, 0.05) is 18.1 Å². The predicted molar refractivity (Wildman–Crippen MR) is 78.9 cm³/mol. The first-order valence-electron chi connectivity index (χ1n) is 6.26.